The number of hydrogen-bond acceptors (Lipinski definition) is 7. The van der Waals surface area contributed by atoms with Crippen molar-refractivity contribution in [1.29, 1.82) is 0 Å². The van der Waals surface area contributed by atoms with Gasteiger partial charge in [-0.1, -0.05) is 11.6 Å². The zero-order chi connectivity index (χ0) is 21.4. The van der Waals surface area contributed by atoms with Crippen LogP contribution in [0.15, 0.2) is 11.6 Å². The van der Waals surface area contributed by atoms with Crippen molar-refractivity contribution in [3.8, 4) is 0 Å². The van der Waals surface area contributed by atoms with Crippen LogP contribution in [0.1, 0.15) is 61.3 Å². The lowest BCUT2D eigenvalue weighted by molar-refractivity contribution is -0.146. The van der Waals surface area contributed by atoms with Gasteiger partial charge in [-0.15, -0.1) is 0 Å². The Morgan fingerprint density at radius 1 is 1.00 bits per heavy atom. The molecular formula is C19H33NO7. The summed E-state index contributed by atoms with van der Waals surface area (Å²) in [6.45, 7) is 11.5. The number of nitrogens with zero attached hydrogens (tertiary/aromatic N) is 1. The minimum absolute atomic E-state index is 0.0997. The van der Waals surface area contributed by atoms with E-state index in [1.54, 1.807) is 54.5 Å². The molecule has 27 heavy (non-hydrogen) atoms. The average Bonchev–Trinajstić information content (AvgIpc) is 2.49. The van der Waals surface area contributed by atoms with Crippen LogP contribution in [-0.2, 0) is 19.0 Å². The number of carbonyl (C=O) groups excluding carboxylic acids is 3. The van der Waals surface area contributed by atoms with Crippen molar-refractivity contribution in [3.63, 3.8) is 0 Å². The van der Waals surface area contributed by atoms with Gasteiger partial charge in [-0.25, -0.2) is 14.4 Å². The van der Waals surface area contributed by atoms with Crippen LogP contribution in [0.2, 0.25) is 0 Å². The molecule has 0 bridgehead atoms. The number of aliphatic hydroxyl groups is 1. The summed E-state index contributed by atoms with van der Waals surface area (Å²) in [5, 5.41) is 9.08. The van der Waals surface area contributed by atoms with E-state index in [-0.39, 0.29) is 13.0 Å². The summed E-state index contributed by atoms with van der Waals surface area (Å²) in [6, 6.07) is -1.22. The zero-order valence-electron chi connectivity index (χ0n) is 17.6. The number of imide groups is 1. The molecule has 1 N–H and O–H groups in total. The first kappa shape index (κ1) is 24.9. The van der Waals surface area contributed by atoms with E-state index in [0.717, 1.165) is 0 Å². The van der Waals surface area contributed by atoms with E-state index < -0.39 is 35.4 Å². The standard InChI is InChI=1S/C19H33NO7/c1-13(12-21)10-9-11-14(15(22)25-8)20(16(23)26-18(2,3)4)17(24)27-19(5,6)7/h10,14,21H,9,11-12H2,1-8H3/t14-/m0/s1. The summed E-state index contributed by atoms with van der Waals surface area (Å²) in [5.41, 5.74) is -1.03. The number of methoxy groups -OCH3 is 1. The van der Waals surface area contributed by atoms with Crippen LogP contribution in [0.4, 0.5) is 9.59 Å². The molecule has 0 aliphatic heterocycles. The topological polar surface area (TPSA) is 102 Å². The Morgan fingerprint density at radius 3 is 1.78 bits per heavy atom. The normalized spacial score (nSPS) is 13.6. The molecule has 0 saturated carbocycles. The highest BCUT2D eigenvalue weighted by atomic mass is 16.6. The molecule has 8 nitrogen and oxygen atoms in total. The maximum atomic E-state index is 12.6. The number of amides is 2. The minimum atomic E-state index is -1.22. The third kappa shape index (κ3) is 9.98. The molecule has 156 valence electrons. The van der Waals surface area contributed by atoms with Crippen LogP contribution in [-0.4, -0.2) is 59.1 Å². The largest absolute Gasteiger partial charge is 0.467 e. The number of allylic oxidation sites excluding steroid dienone is 1. The first-order valence-corrected chi connectivity index (χ1v) is 8.81. The lowest BCUT2D eigenvalue weighted by Gasteiger charge is -2.32. The number of carbonyl (C=O) groups is 3. The van der Waals surface area contributed by atoms with E-state index in [0.29, 0.717) is 16.9 Å². The lowest BCUT2D eigenvalue weighted by Crippen LogP contribution is -2.52. The Morgan fingerprint density at radius 2 is 1.44 bits per heavy atom. The maximum Gasteiger partial charge on any atom is 0.420 e. The predicted octanol–water partition coefficient (Wildman–Crippen LogP) is 3.42. The summed E-state index contributed by atoms with van der Waals surface area (Å²) < 4.78 is 15.3. The second-order valence-electron chi connectivity index (χ2n) is 8.16. The maximum absolute atomic E-state index is 12.6. The van der Waals surface area contributed by atoms with E-state index in [4.69, 9.17) is 19.3 Å². The van der Waals surface area contributed by atoms with Gasteiger partial charge in [0.2, 0.25) is 0 Å². The van der Waals surface area contributed by atoms with Crippen LogP contribution >= 0.6 is 0 Å². The van der Waals surface area contributed by atoms with Crippen LogP contribution in [0.5, 0.6) is 0 Å². The van der Waals surface area contributed by atoms with Crippen molar-refractivity contribution in [2.45, 2.75) is 78.6 Å². The van der Waals surface area contributed by atoms with Gasteiger partial charge in [0.15, 0.2) is 0 Å². The van der Waals surface area contributed by atoms with Crippen molar-refractivity contribution in [2.24, 2.45) is 0 Å². The van der Waals surface area contributed by atoms with Gasteiger partial charge in [0.25, 0.3) is 0 Å². The van der Waals surface area contributed by atoms with Gasteiger partial charge in [-0.05, 0) is 61.3 Å². The second kappa shape index (κ2) is 10.3. The van der Waals surface area contributed by atoms with Crippen LogP contribution in [0.3, 0.4) is 0 Å². The average molecular weight is 387 g/mol. The molecule has 0 heterocycles. The molecule has 0 aromatic carbocycles. The molecule has 0 spiro atoms. The van der Waals surface area contributed by atoms with Gasteiger partial charge in [0, 0.05) is 0 Å². The molecular weight excluding hydrogens is 354 g/mol. The first-order chi connectivity index (χ1) is 12.2. The smallest absolute Gasteiger partial charge is 0.420 e. The molecule has 0 aliphatic carbocycles. The quantitative estimate of drug-likeness (QED) is 0.423. The van der Waals surface area contributed by atoms with E-state index in [1.807, 2.05) is 0 Å². The molecule has 8 heteroatoms. The summed E-state index contributed by atoms with van der Waals surface area (Å²) >= 11 is 0. The van der Waals surface area contributed by atoms with E-state index in [1.165, 1.54) is 7.11 Å². The Bertz CT molecular complexity index is 527. The summed E-state index contributed by atoms with van der Waals surface area (Å²) in [4.78, 5) is 38.2. The third-order valence-electron chi connectivity index (χ3n) is 3.15. The monoisotopic (exact) mass is 387 g/mol. The van der Waals surface area contributed by atoms with Crippen LogP contribution in [0, 0.1) is 0 Å². The van der Waals surface area contributed by atoms with Crippen LogP contribution < -0.4 is 0 Å². The summed E-state index contributed by atoms with van der Waals surface area (Å²) in [6.07, 6.45) is 0.180. The lowest BCUT2D eigenvalue weighted by atomic mass is 10.1. The molecule has 0 unspecified atom stereocenters. The fourth-order valence-corrected chi connectivity index (χ4v) is 1.99. The van der Waals surface area contributed by atoms with E-state index in [9.17, 15) is 14.4 Å². The van der Waals surface area contributed by atoms with Gasteiger partial charge in [-0.2, -0.15) is 4.90 Å². The van der Waals surface area contributed by atoms with Gasteiger partial charge in [0.05, 0.1) is 13.7 Å². The zero-order valence-corrected chi connectivity index (χ0v) is 17.6. The number of hydrogen-bond donors (Lipinski definition) is 1. The van der Waals surface area contributed by atoms with E-state index in [2.05, 4.69) is 0 Å². The number of esters is 1. The fraction of sp³-hybridized carbons (Fsp3) is 0.737. The van der Waals surface area contributed by atoms with Crippen LogP contribution in [0.25, 0.3) is 0 Å². The molecule has 0 radical (unpaired) electrons. The Labute approximate surface area is 161 Å². The van der Waals surface area contributed by atoms with Crippen molar-refractivity contribution in [2.75, 3.05) is 13.7 Å². The second-order valence-corrected chi connectivity index (χ2v) is 8.16. The third-order valence-corrected chi connectivity index (χ3v) is 3.15. The summed E-state index contributed by atoms with van der Waals surface area (Å²) in [7, 11) is 1.17. The van der Waals surface area contributed by atoms with Gasteiger partial charge >= 0.3 is 18.2 Å². The predicted molar refractivity (Wildman–Crippen MR) is 100 cm³/mol. The molecule has 0 aliphatic rings. The molecule has 0 aromatic heterocycles. The van der Waals surface area contributed by atoms with Crippen molar-refractivity contribution < 1.29 is 33.7 Å². The summed E-state index contributed by atoms with van der Waals surface area (Å²) in [5.74, 6) is -0.762. The van der Waals surface area contributed by atoms with Crippen molar-refractivity contribution in [1.82, 2.24) is 4.90 Å². The number of ether oxygens (including phenoxy) is 3. The molecule has 1 atom stereocenters. The SMILES string of the molecule is COC(=O)[C@H](CCC=C(C)CO)N(C(=O)OC(C)(C)C)C(=O)OC(C)(C)C. The Kier molecular flexibility index (Phi) is 9.50. The van der Waals surface area contributed by atoms with Crippen molar-refractivity contribution >= 4 is 18.2 Å². The Balaban J connectivity index is 5.77. The highest BCUT2D eigenvalue weighted by molar-refractivity contribution is 5.94. The number of aliphatic hydroxyl groups excluding tert-OH is 1. The molecule has 0 rings (SSSR count). The van der Waals surface area contributed by atoms with Crippen molar-refractivity contribution in [3.05, 3.63) is 11.6 Å². The van der Waals surface area contributed by atoms with Gasteiger partial charge in [0.1, 0.15) is 17.2 Å². The fourth-order valence-electron chi connectivity index (χ4n) is 1.99. The Hall–Kier alpha value is -2.09. The number of rotatable bonds is 6. The molecule has 0 aromatic rings. The molecule has 2 amide bonds. The minimum Gasteiger partial charge on any atom is -0.467 e. The van der Waals surface area contributed by atoms with Gasteiger partial charge < -0.3 is 19.3 Å². The van der Waals surface area contributed by atoms with E-state index >= 15 is 0 Å². The highest BCUT2D eigenvalue weighted by Gasteiger charge is 2.40. The molecule has 0 fully saturated rings. The highest BCUT2D eigenvalue weighted by Crippen LogP contribution is 2.20. The first-order valence-electron chi connectivity index (χ1n) is 8.81. The molecule has 0 saturated heterocycles. The van der Waals surface area contributed by atoms with Gasteiger partial charge in [-0.3, -0.25) is 0 Å².